The Morgan fingerprint density at radius 2 is 1.91 bits per heavy atom. The number of likely N-dealkylation sites (tertiary alicyclic amines) is 1. The molecule has 0 saturated carbocycles. The monoisotopic (exact) mass is 448 g/mol. The molecule has 10 heteroatoms. The molecule has 0 spiro atoms. The first-order chi connectivity index (χ1) is 15.4. The molecule has 3 rings (SSSR count). The number of nitrogens with one attached hydrogen (secondary N) is 1. The predicted molar refractivity (Wildman–Crippen MR) is 115 cm³/mol. The van der Waals surface area contributed by atoms with Crippen LogP contribution in [0.5, 0.6) is 0 Å². The number of nitrogens with zero attached hydrogens (tertiary/aromatic N) is 3. The van der Waals surface area contributed by atoms with Crippen molar-refractivity contribution in [3.8, 4) is 0 Å². The molecule has 2 heterocycles. The summed E-state index contributed by atoms with van der Waals surface area (Å²) in [7, 11) is 0. The fourth-order valence-corrected chi connectivity index (χ4v) is 4.30. The Labute approximate surface area is 187 Å². The lowest BCUT2D eigenvalue weighted by Gasteiger charge is -2.42. The summed E-state index contributed by atoms with van der Waals surface area (Å²) in [6, 6.07) is 8.22. The van der Waals surface area contributed by atoms with Gasteiger partial charge in [0.2, 0.25) is 0 Å². The van der Waals surface area contributed by atoms with Crippen LogP contribution < -0.4 is 5.48 Å². The number of benzene rings is 1. The van der Waals surface area contributed by atoms with Crippen molar-refractivity contribution < 1.29 is 29.4 Å². The zero-order valence-corrected chi connectivity index (χ0v) is 18.4. The van der Waals surface area contributed by atoms with Crippen LogP contribution >= 0.6 is 0 Å². The first-order valence-corrected chi connectivity index (χ1v) is 11.0. The molecule has 0 aliphatic carbocycles. The van der Waals surface area contributed by atoms with Gasteiger partial charge in [-0.05, 0) is 37.3 Å². The van der Waals surface area contributed by atoms with Gasteiger partial charge in [0.1, 0.15) is 6.61 Å². The van der Waals surface area contributed by atoms with Crippen LogP contribution in [0.1, 0.15) is 49.8 Å². The molecule has 10 nitrogen and oxygen atoms in total. The highest BCUT2D eigenvalue weighted by atomic mass is 16.7. The van der Waals surface area contributed by atoms with Gasteiger partial charge in [-0.2, -0.15) is 15.7 Å². The van der Waals surface area contributed by atoms with Crippen molar-refractivity contribution in [3.05, 3.63) is 35.4 Å². The number of carboxylic acid groups (broad SMARTS) is 2. The third kappa shape index (κ3) is 7.06. The lowest BCUT2D eigenvalue weighted by atomic mass is 9.84. The van der Waals surface area contributed by atoms with E-state index < -0.39 is 17.5 Å². The van der Waals surface area contributed by atoms with Gasteiger partial charge < -0.3 is 14.9 Å². The van der Waals surface area contributed by atoms with E-state index in [1.54, 1.807) is 0 Å². The Kier molecular flexibility index (Phi) is 8.68. The number of azo groups is 1. The van der Waals surface area contributed by atoms with Crippen molar-refractivity contribution in [2.45, 2.75) is 56.9 Å². The highest BCUT2D eigenvalue weighted by molar-refractivity contribution is 5.69. The van der Waals surface area contributed by atoms with Crippen LogP contribution in [-0.4, -0.2) is 71.5 Å². The number of carbonyl (C=O) groups is 2. The third-order valence-corrected chi connectivity index (χ3v) is 5.98. The van der Waals surface area contributed by atoms with Crippen LogP contribution in [-0.2, 0) is 25.7 Å². The summed E-state index contributed by atoms with van der Waals surface area (Å²) in [5, 5.41) is 26.2. The molecule has 176 valence electrons. The molecule has 2 aliphatic rings. The maximum Gasteiger partial charge on any atom is 0.329 e. The van der Waals surface area contributed by atoms with Crippen molar-refractivity contribution in [1.82, 2.24) is 10.4 Å². The molecule has 0 amide bonds. The van der Waals surface area contributed by atoms with Gasteiger partial charge in [0.25, 0.3) is 0 Å². The number of carboxylic acids is 2. The van der Waals surface area contributed by atoms with Gasteiger partial charge in [-0.25, -0.2) is 4.79 Å². The van der Waals surface area contributed by atoms with Gasteiger partial charge >= 0.3 is 11.9 Å². The van der Waals surface area contributed by atoms with Crippen molar-refractivity contribution in [2.75, 3.05) is 32.8 Å². The van der Waals surface area contributed by atoms with Gasteiger partial charge in [0.15, 0.2) is 0 Å². The smallest absolute Gasteiger partial charge is 0.329 e. The zero-order chi connectivity index (χ0) is 23.0. The van der Waals surface area contributed by atoms with Gasteiger partial charge in [-0.3, -0.25) is 14.5 Å². The van der Waals surface area contributed by atoms with Crippen LogP contribution in [0.25, 0.3) is 0 Å². The number of rotatable bonds is 11. The molecule has 0 aromatic heterocycles. The topological polar surface area (TPSA) is 133 Å². The number of piperidine rings is 1. The van der Waals surface area contributed by atoms with E-state index >= 15 is 0 Å². The van der Waals surface area contributed by atoms with E-state index in [2.05, 4.69) is 27.8 Å². The molecule has 2 fully saturated rings. The third-order valence-electron chi connectivity index (χ3n) is 5.98. The van der Waals surface area contributed by atoms with Crippen molar-refractivity contribution in [3.63, 3.8) is 0 Å². The Hall–Kier alpha value is -2.40. The highest BCUT2D eigenvalue weighted by Gasteiger charge is 2.41. The van der Waals surface area contributed by atoms with E-state index in [0.29, 0.717) is 45.4 Å². The van der Waals surface area contributed by atoms with Crippen molar-refractivity contribution in [2.24, 2.45) is 10.2 Å². The second-order valence-electron chi connectivity index (χ2n) is 8.38. The van der Waals surface area contributed by atoms with Gasteiger partial charge in [0.05, 0.1) is 37.4 Å². The molecule has 1 aromatic carbocycles. The fourth-order valence-electron chi connectivity index (χ4n) is 4.30. The summed E-state index contributed by atoms with van der Waals surface area (Å²) < 4.78 is 5.85. The van der Waals surface area contributed by atoms with Crippen molar-refractivity contribution in [1.29, 1.82) is 0 Å². The number of hydrogen-bond donors (Lipinski definition) is 3. The molecule has 32 heavy (non-hydrogen) atoms. The van der Waals surface area contributed by atoms with E-state index in [1.165, 1.54) is 0 Å². The SMILES string of the molecule is CCN=NCc1ccc(C2CC(CC3(OCC(=O)O)CCN(CC(=O)O)CC3)ON2)cc1. The van der Waals surface area contributed by atoms with E-state index in [0.717, 1.165) is 17.5 Å². The Morgan fingerprint density at radius 3 is 2.53 bits per heavy atom. The molecule has 2 unspecified atom stereocenters. The minimum Gasteiger partial charge on any atom is -0.480 e. The molecule has 0 bridgehead atoms. The summed E-state index contributed by atoms with van der Waals surface area (Å²) >= 11 is 0. The van der Waals surface area contributed by atoms with E-state index in [1.807, 2.05) is 24.0 Å². The van der Waals surface area contributed by atoms with Crippen molar-refractivity contribution >= 4 is 11.9 Å². The number of aliphatic carboxylic acids is 2. The fraction of sp³-hybridized carbons (Fsp3) is 0.636. The summed E-state index contributed by atoms with van der Waals surface area (Å²) in [5.41, 5.74) is 4.67. The average Bonchev–Trinajstić information content (AvgIpc) is 3.22. The standard InChI is InChI=1S/C22H32N4O6/c1-2-23-24-13-16-3-5-17(6-4-16)19-11-18(32-25-19)12-22(31-15-21(29)30)7-9-26(10-8-22)14-20(27)28/h3-6,18-19,25H,2,7-15H2,1H3,(H,27,28)(H,29,30). The van der Waals surface area contributed by atoms with Crippen LogP contribution in [0.2, 0.25) is 0 Å². The molecular formula is C22H32N4O6. The highest BCUT2D eigenvalue weighted by Crippen LogP contribution is 2.36. The van der Waals surface area contributed by atoms with Gasteiger partial charge in [0, 0.05) is 19.5 Å². The average molecular weight is 449 g/mol. The summed E-state index contributed by atoms with van der Waals surface area (Å²) in [6.45, 7) is 3.89. The molecule has 3 N–H and O–H groups in total. The second kappa shape index (κ2) is 11.5. The lowest BCUT2D eigenvalue weighted by Crippen LogP contribution is -2.49. The summed E-state index contributed by atoms with van der Waals surface area (Å²) in [5.74, 6) is -1.88. The quantitative estimate of drug-likeness (QED) is 0.440. The Morgan fingerprint density at radius 1 is 1.19 bits per heavy atom. The largest absolute Gasteiger partial charge is 0.480 e. The molecule has 0 radical (unpaired) electrons. The van der Waals surface area contributed by atoms with Crippen LogP contribution in [0.4, 0.5) is 0 Å². The second-order valence-corrected chi connectivity index (χ2v) is 8.38. The Balaban J connectivity index is 1.57. The van der Waals surface area contributed by atoms with Crippen LogP contribution in [0, 0.1) is 0 Å². The van der Waals surface area contributed by atoms with E-state index in [-0.39, 0.29) is 25.3 Å². The summed E-state index contributed by atoms with van der Waals surface area (Å²) in [6.07, 6.45) is 2.31. The summed E-state index contributed by atoms with van der Waals surface area (Å²) in [4.78, 5) is 29.8. The van der Waals surface area contributed by atoms with Crippen LogP contribution in [0.15, 0.2) is 34.5 Å². The first kappa shape index (κ1) is 24.2. The number of hydroxylamine groups is 1. The van der Waals surface area contributed by atoms with Gasteiger partial charge in [-0.1, -0.05) is 24.3 Å². The molecule has 2 atom stereocenters. The number of hydrogen-bond acceptors (Lipinski definition) is 8. The van der Waals surface area contributed by atoms with Crippen LogP contribution in [0.3, 0.4) is 0 Å². The maximum absolute atomic E-state index is 11.1. The minimum absolute atomic E-state index is 0.0195. The first-order valence-electron chi connectivity index (χ1n) is 11.0. The van der Waals surface area contributed by atoms with E-state index in [4.69, 9.17) is 19.8 Å². The van der Waals surface area contributed by atoms with Gasteiger partial charge in [-0.15, -0.1) is 0 Å². The Bertz CT molecular complexity index is 792. The molecule has 2 saturated heterocycles. The number of ether oxygens (including phenoxy) is 1. The maximum atomic E-state index is 11.1. The molecule has 2 aliphatic heterocycles. The zero-order valence-electron chi connectivity index (χ0n) is 18.4. The minimum atomic E-state index is -1.01. The lowest BCUT2D eigenvalue weighted by molar-refractivity contribution is -0.159. The normalized spacial score (nSPS) is 23.5. The molecular weight excluding hydrogens is 416 g/mol. The molecule has 1 aromatic rings. The predicted octanol–water partition coefficient (Wildman–Crippen LogP) is 2.40. The van der Waals surface area contributed by atoms with E-state index in [9.17, 15) is 9.59 Å².